The van der Waals surface area contributed by atoms with Crippen LogP contribution in [0.5, 0.6) is 0 Å². The molecule has 1 heterocycles. The van der Waals surface area contributed by atoms with Crippen molar-refractivity contribution in [3.8, 4) is 11.1 Å². The molecule has 5 nitrogen and oxygen atoms in total. The first-order valence-electron chi connectivity index (χ1n) is 13.0. The molecule has 1 N–H and O–H groups in total. The Hall–Kier alpha value is -3.44. The lowest BCUT2D eigenvalue weighted by atomic mass is 9.74. The first-order valence-corrected chi connectivity index (χ1v) is 13.0. The van der Waals surface area contributed by atoms with E-state index in [1.54, 1.807) is 0 Å². The van der Waals surface area contributed by atoms with Gasteiger partial charge < -0.3 is 10.0 Å². The maximum absolute atomic E-state index is 12.7. The van der Waals surface area contributed by atoms with Gasteiger partial charge in [-0.2, -0.15) is 0 Å². The Morgan fingerprint density at radius 2 is 1.39 bits per heavy atom. The van der Waals surface area contributed by atoms with Crippen LogP contribution in [-0.4, -0.2) is 59.5 Å². The summed E-state index contributed by atoms with van der Waals surface area (Å²) in [5.74, 6) is -0.568. The first-order chi connectivity index (χ1) is 17.5. The molecule has 1 aliphatic carbocycles. The van der Waals surface area contributed by atoms with E-state index in [0.29, 0.717) is 12.8 Å². The molecule has 2 aliphatic rings. The molecule has 0 saturated carbocycles. The average molecular weight is 483 g/mol. The third-order valence-corrected chi connectivity index (χ3v) is 7.91. The minimum atomic E-state index is -0.978. The molecule has 3 aromatic carbocycles. The lowest BCUT2D eigenvalue weighted by Crippen LogP contribution is -2.49. The van der Waals surface area contributed by atoms with E-state index in [0.717, 1.165) is 73.4 Å². The van der Waals surface area contributed by atoms with Crippen LogP contribution in [0.15, 0.2) is 72.8 Å². The van der Waals surface area contributed by atoms with Crippen molar-refractivity contribution >= 4 is 11.9 Å². The number of hydrogen-bond acceptors (Lipinski definition) is 3. The number of benzene rings is 3. The van der Waals surface area contributed by atoms with Gasteiger partial charge in [-0.15, -0.1) is 0 Å². The van der Waals surface area contributed by atoms with Gasteiger partial charge in [-0.3, -0.25) is 14.5 Å². The lowest BCUT2D eigenvalue weighted by Gasteiger charge is -2.35. The number of unbranched alkanes of at least 4 members (excludes halogenated alkanes) is 1. The molecule has 5 rings (SSSR count). The van der Waals surface area contributed by atoms with Crippen molar-refractivity contribution < 1.29 is 14.7 Å². The van der Waals surface area contributed by atoms with E-state index >= 15 is 0 Å². The number of rotatable bonds is 8. The van der Waals surface area contributed by atoms with Crippen LogP contribution in [0.2, 0.25) is 0 Å². The van der Waals surface area contributed by atoms with Crippen molar-refractivity contribution in [3.63, 3.8) is 0 Å². The molecular weight excluding hydrogens is 448 g/mol. The highest BCUT2D eigenvalue weighted by Gasteiger charge is 2.48. The van der Waals surface area contributed by atoms with Crippen LogP contribution in [-0.2, 0) is 21.4 Å². The smallest absolute Gasteiger partial charge is 0.318 e. The van der Waals surface area contributed by atoms with Crippen LogP contribution in [0.1, 0.15) is 41.5 Å². The largest absolute Gasteiger partial charge is 0.480 e. The number of carboxylic acid groups (broad SMARTS) is 1. The Bertz CT molecular complexity index is 1200. The second kappa shape index (κ2) is 10.3. The molecule has 0 aromatic heterocycles. The zero-order valence-corrected chi connectivity index (χ0v) is 21.0. The lowest BCUT2D eigenvalue weighted by molar-refractivity contribution is -0.142. The Morgan fingerprint density at radius 1 is 0.806 bits per heavy atom. The standard InChI is InChI=1S/C31H34N2O3/c1-23-12-14-24(15-13-23)22-29(34)33-20-18-32(19-21-33)17-7-6-16-31(30(35)36)27-10-4-2-8-25(27)26-9-3-5-11-28(26)31/h2-5,8-15H,6-7,16-22H2,1H3,(H,35,36). The van der Waals surface area contributed by atoms with Crippen molar-refractivity contribution in [2.45, 2.75) is 38.0 Å². The van der Waals surface area contributed by atoms with Gasteiger partial charge in [0.2, 0.25) is 5.91 Å². The zero-order valence-electron chi connectivity index (χ0n) is 21.0. The van der Waals surface area contributed by atoms with E-state index in [4.69, 9.17) is 0 Å². The molecule has 0 bridgehead atoms. The fourth-order valence-corrected chi connectivity index (χ4v) is 5.87. The summed E-state index contributed by atoms with van der Waals surface area (Å²) in [5.41, 5.74) is 5.21. The predicted molar refractivity (Wildman–Crippen MR) is 142 cm³/mol. The summed E-state index contributed by atoms with van der Waals surface area (Å²) < 4.78 is 0. The van der Waals surface area contributed by atoms with Crippen LogP contribution in [0.25, 0.3) is 11.1 Å². The summed E-state index contributed by atoms with van der Waals surface area (Å²) >= 11 is 0. The third-order valence-electron chi connectivity index (χ3n) is 7.91. The second-order valence-corrected chi connectivity index (χ2v) is 10.1. The maximum Gasteiger partial charge on any atom is 0.318 e. The summed E-state index contributed by atoms with van der Waals surface area (Å²) in [5, 5.41) is 10.5. The summed E-state index contributed by atoms with van der Waals surface area (Å²) in [6.07, 6.45) is 2.82. The van der Waals surface area contributed by atoms with Crippen molar-refractivity contribution in [3.05, 3.63) is 95.1 Å². The number of hydrogen-bond donors (Lipinski definition) is 1. The van der Waals surface area contributed by atoms with Gasteiger partial charge in [-0.25, -0.2) is 0 Å². The number of aryl methyl sites for hydroxylation is 1. The molecule has 0 radical (unpaired) electrons. The second-order valence-electron chi connectivity index (χ2n) is 10.1. The van der Waals surface area contributed by atoms with Gasteiger partial charge in [0.25, 0.3) is 0 Å². The Kier molecular flexibility index (Phi) is 6.92. The third kappa shape index (κ3) is 4.56. The Morgan fingerprint density at radius 3 is 1.97 bits per heavy atom. The minimum absolute atomic E-state index is 0.195. The van der Waals surface area contributed by atoms with Crippen LogP contribution >= 0.6 is 0 Å². The highest BCUT2D eigenvalue weighted by Crippen LogP contribution is 2.51. The molecule has 0 unspecified atom stereocenters. The molecule has 3 aromatic rings. The predicted octanol–water partition coefficient (Wildman–Crippen LogP) is 4.90. The van der Waals surface area contributed by atoms with Crippen LogP contribution in [0.3, 0.4) is 0 Å². The number of aliphatic carboxylic acids is 1. The molecule has 36 heavy (non-hydrogen) atoms. The maximum atomic E-state index is 12.7. The number of piperazine rings is 1. The number of fused-ring (bicyclic) bond motifs is 3. The molecule has 1 fully saturated rings. The molecule has 186 valence electrons. The van der Waals surface area contributed by atoms with Gasteiger partial charge in [0.15, 0.2) is 0 Å². The molecule has 1 saturated heterocycles. The SMILES string of the molecule is Cc1ccc(CC(=O)N2CCN(CCCCC3(C(=O)O)c4ccccc4-c4ccccc43)CC2)cc1. The molecule has 0 spiro atoms. The number of carbonyl (C=O) groups excluding carboxylic acids is 1. The number of amides is 1. The normalized spacial score (nSPS) is 16.4. The fraction of sp³-hybridized carbons (Fsp3) is 0.355. The van der Waals surface area contributed by atoms with E-state index < -0.39 is 11.4 Å². The van der Waals surface area contributed by atoms with E-state index in [2.05, 4.69) is 24.0 Å². The van der Waals surface area contributed by atoms with E-state index in [1.807, 2.05) is 65.6 Å². The van der Waals surface area contributed by atoms with Crippen LogP contribution in [0.4, 0.5) is 0 Å². The number of carboxylic acids is 1. The van der Waals surface area contributed by atoms with E-state index in [9.17, 15) is 14.7 Å². The van der Waals surface area contributed by atoms with Crippen LogP contribution in [0, 0.1) is 6.92 Å². The molecule has 1 amide bonds. The molecule has 5 heteroatoms. The van der Waals surface area contributed by atoms with Gasteiger partial charge in [-0.1, -0.05) is 84.8 Å². The number of carbonyl (C=O) groups is 2. The van der Waals surface area contributed by atoms with Gasteiger partial charge in [-0.05, 0) is 54.1 Å². The van der Waals surface area contributed by atoms with Gasteiger partial charge in [0.05, 0.1) is 6.42 Å². The minimum Gasteiger partial charge on any atom is -0.480 e. The van der Waals surface area contributed by atoms with Crippen molar-refractivity contribution in [2.24, 2.45) is 0 Å². The monoisotopic (exact) mass is 482 g/mol. The van der Waals surface area contributed by atoms with Gasteiger partial charge in [0, 0.05) is 26.2 Å². The Balaban J connectivity index is 1.15. The zero-order chi connectivity index (χ0) is 25.1. The molecule has 0 atom stereocenters. The fourth-order valence-electron chi connectivity index (χ4n) is 5.87. The summed E-state index contributed by atoms with van der Waals surface area (Å²) in [7, 11) is 0. The quantitative estimate of drug-likeness (QED) is 0.464. The highest BCUT2D eigenvalue weighted by atomic mass is 16.4. The highest BCUT2D eigenvalue weighted by molar-refractivity contribution is 5.97. The van der Waals surface area contributed by atoms with Crippen molar-refractivity contribution in [1.82, 2.24) is 9.80 Å². The average Bonchev–Trinajstić information content (AvgIpc) is 3.19. The van der Waals surface area contributed by atoms with E-state index in [1.165, 1.54) is 5.56 Å². The van der Waals surface area contributed by atoms with Gasteiger partial charge >= 0.3 is 5.97 Å². The summed E-state index contributed by atoms with van der Waals surface area (Å²) in [4.78, 5) is 29.8. The molecular formula is C31H34N2O3. The van der Waals surface area contributed by atoms with E-state index in [-0.39, 0.29) is 5.91 Å². The van der Waals surface area contributed by atoms with Crippen LogP contribution < -0.4 is 0 Å². The molecule has 1 aliphatic heterocycles. The number of nitrogens with zero attached hydrogens (tertiary/aromatic N) is 2. The van der Waals surface area contributed by atoms with Gasteiger partial charge in [0.1, 0.15) is 5.41 Å². The first kappa shape index (κ1) is 24.3. The summed E-state index contributed by atoms with van der Waals surface area (Å²) in [6.45, 7) is 6.23. The topological polar surface area (TPSA) is 60.9 Å². The van der Waals surface area contributed by atoms with Crippen molar-refractivity contribution in [2.75, 3.05) is 32.7 Å². The Labute approximate surface area is 213 Å². The summed E-state index contributed by atoms with van der Waals surface area (Å²) in [6, 6.07) is 24.1. The van der Waals surface area contributed by atoms with Crippen molar-refractivity contribution in [1.29, 1.82) is 0 Å².